The number of carbonyl (C=O) groups is 3. The monoisotopic (exact) mass is 477 g/mol. The van der Waals surface area contributed by atoms with Crippen LogP contribution in [0.1, 0.15) is 18.9 Å². The van der Waals surface area contributed by atoms with Crippen LogP contribution >= 0.6 is 0 Å². The zero-order valence-corrected chi connectivity index (χ0v) is 18.2. The quantitative estimate of drug-likeness (QED) is 0.560. The Bertz CT molecular complexity index is 1100. The molecule has 0 bridgehead atoms. The topological polar surface area (TPSA) is 111 Å². The number of aromatic nitrogens is 1. The molecule has 34 heavy (non-hydrogen) atoms. The van der Waals surface area contributed by atoms with E-state index in [1.54, 1.807) is 6.08 Å². The Labute approximate surface area is 192 Å². The fourth-order valence-electron chi connectivity index (χ4n) is 3.74. The Morgan fingerprint density at radius 3 is 2.65 bits per heavy atom. The molecule has 0 aliphatic carbocycles. The number of rotatable bonds is 7. The van der Waals surface area contributed by atoms with Gasteiger partial charge in [0.15, 0.2) is 6.61 Å². The van der Waals surface area contributed by atoms with E-state index in [2.05, 4.69) is 9.68 Å². The van der Waals surface area contributed by atoms with Gasteiger partial charge in [-0.25, -0.2) is 13.6 Å². The van der Waals surface area contributed by atoms with E-state index >= 15 is 8.78 Å². The Kier molecular flexibility index (Phi) is 6.75. The normalized spacial score (nSPS) is 17.9. The van der Waals surface area contributed by atoms with Gasteiger partial charge in [0.1, 0.15) is 37.2 Å². The molecule has 10 nitrogen and oxygen atoms in total. The number of ether oxygens (including phenoxy) is 3. The van der Waals surface area contributed by atoms with Gasteiger partial charge >= 0.3 is 12.1 Å². The first-order valence-corrected chi connectivity index (χ1v) is 10.4. The lowest BCUT2D eigenvalue weighted by Gasteiger charge is -2.27. The smallest absolute Gasteiger partial charge is 0.414 e. The third-order valence-corrected chi connectivity index (χ3v) is 5.39. The highest BCUT2D eigenvalue weighted by Gasteiger charge is 2.36. The summed E-state index contributed by atoms with van der Waals surface area (Å²) in [6, 6.07) is 2.99. The van der Waals surface area contributed by atoms with Crippen molar-refractivity contribution >= 4 is 29.2 Å². The highest BCUT2D eigenvalue weighted by molar-refractivity contribution is 5.90. The first kappa shape index (κ1) is 23.2. The van der Waals surface area contributed by atoms with Crippen LogP contribution in [0.15, 0.2) is 35.1 Å². The maximum atomic E-state index is 15.0. The molecule has 3 heterocycles. The van der Waals surface area contributed by atoms with Crippen LogP contribution < -0.4 is 9.64 Å². The average Bonchev–Trinajstić information content (AvgIpc) is 3.45. The predicted molar refractivity (Wildman–Crippen MR) is 112 cm³/mol. The summed E-state index contributed by atoms with van der Waals surface area (Å²) in [5.74, 6) is -2.46. The van der Waals surface area contributed by atoms with E-state index in [1.807, 2.05) is 0 Å². The second-order valence-corrected chi connectivity index (χ2v) is 7.63. The second kappa shape index (κ2) is 9.89. The summed E-state index contributed by atoms with van der Waals surface area (Å²) in [4.78, 5) is 37.7. The molecule has 1 aromatic heterocycles. The molecule has 0 radical (unpaired) electrons. The van der Waals surface area contributed by atoms with E-state index in [-0.39, 0.29) is 56.5 Å². The predicted octanol–water partition coefficient (Wildman–Crippen LogP) is 2.54. The van der Waals surface area contributed by atoms with Crippen LogP contribution in [0.5, 0.6) is 5.88 Å². The van der Waals surface area contributed by atoms with Crippen molar-refractivity contribution in [2.45, 2.75) is 19.4 Å². The molecule has 4 rings (SSSR count). The minimum atomic E-state index is -0.850. The third-order valence-electron chi connectivity index (χ3n) is 5.39. The average molecular weight is 477 g/mol. The molecule has 2 aliphatic heterocycles. The van der Waals surface area contributed by atoms with Gasteiger partial charge in [-0.3, -0.25) is 14.5 Å². The van der Waals surface area contributed by atoms with Crippen molar-refractivity contribution in [3.63, 3.8) is 0 Å². The molecule has 2 aliphatic rings. The molecule has 2 amide bonds. The highest BCUT2D eigenvalue weighted by atomic mass is 19.1. The number of cyclic esters (lactones) is 1. The molecule has 0 saturated carbocycles. The van der Waals surface area contributed by atoms with E-state index in [9.17, 15) is 14.4 Å². The molecule has 0 N–H and O–H groups in total. The maximum absolute atomic E-state index is 15.0. The lowest BCUT2D eigenvalue weighted by atomic mass is 9.97. The van der Waals surface area contributed by atoms with E-state index < -0.39 is 35.6 Å². The number of hydrogen-bond acceptors (Lipinski definition) is 8. The summed E-state index contributed by atoms with van der Waals surface area (Å²) >= 11 is 0. The van der Waals surface area contributed by atoms with Gasteiger partial charge < -0.3 is 23.6 Å². The number of hydrogen-bond donors (Lipinski definition) is 0. The van der Waals surface area contributed by atoms with Gasteiger partial charge in [-0.2, -0.15) is 0 Å². The molecular weight excluding hydrogens is 456 g/mol. The van der Waals surface area contributed by atoms with Crippen molar-refractivity contribution in [1.82, 2.24) is 10.1 Å². The van der Waals surface area contributed by atoms with Crippen molar-refractivity contribution in [2.75, 3.05) is 37.8 Å². The minimum Gasteiger partial charge on any atom is -0.473 e. The fourth-order valence-corrected chi connectivity index (χ4v) is 3.74. The number of amides is 2. The van der Waals surface area contributed by atoms with Gasteiger partial charge in [0.2, 0.25) is 0 Å². The van der Waals surface area contributed by atoms with Crippen LogP contribution in [0, 0.1) is 11.6 Å². The summed E-state index contributed by atoms with van der Waals surface area (Å²) in [6.07, 6.45) is 2.33. The van der Waals surface area contributed by atoms with Gasteiger partial charge in [0.25, 0.3) is 11.8 Å². The van der Waals surface area contributed by atoms with E-state index in [0.717, 1.165) is 17.0 Å². The molecule has 2 aromatic rings. The fraction of sp³-hybridized carbons (Fsp3) is 0.364. The van der Waals surface area contributed by atoms with Crippen LogP contribution in [-0.2, 0) is 19.1 Å². The molecule has 1 atom stereocenters. The van der Waals surface area contributed by atoms with Gasteiger partial charge in [-0.05, 0) is 29.3 Å². The maximum Gasteiger partial charge on any atom is 0.414 e. The SMILES string of the molecule is CC(=O)OCC(=O)N1CC=C(c2c(F)cc(N3C(=O)OC[C@H]3COc3ccon3)cc2F)CC1. The van der Waals surface area contributed by atoms with E-state index in [4.69, 9.17) is 14.2 Å². The molecule has 0 spiro atoms. The summed E-state index contributed by atoms with van der Waals surface area (Å²) in [5, 5.41) is 3.61. The summed E-state index contributed by atoms with van der Waals surface area (Å²) < 4.78 is 49.9. The number of esters is 1. The Morgan fingerprint density at radius 2 is 2.03 bits per heavy atom. The second-order valence-electron chi connectivity index (χ2n) is 7.63. The Hall–Kier alpha value is -3.96. The lowest BCUT2D eigenvalue weighted by Crippen LogP contribution is -2.38. The molecule has 1 saturated heterocycles. The highest BCUT2D eigenvalue weighted by Crippen LogP contribution is 2.33. The van der Waals surface area contributed by atoms with Crippen LogP contribution in [-0.4, -0.2) is 67.0 Å². The third kappa shape index (κ3) is 5.00. The van der Waals surface area contributed by atoms with Crippen LogP contribution in [0.4, 0.5) is 19.3 Å². The molecule has 1 aromatic carbocycles. The Morgan fingerprint density at radius 1 is 1.26 bits per heavy atom. The number of anilines is 1. The molecule has 180 valence electrons. The summed E-state index contributed by atoms with van der Waals surface area (Å²) in [7, 11) is 0. The molecule has 0 unspecified atom stereocenters. The number of halogens is 2. The largest absolute Gasteiger partial charge is 0.473 e. The van der Waals surface area contributed by atoms with Gasteiger partial charge in [0, 0.05) is 31.6 Å². The zero-order valence-electron chi connectivity index (χ0n) is 18.2. The van der Waals surface area contributed by atoms with Crippen LogP contribution in [0.25, 0.3) is 5.57 Å². The standard InChI is InChI=1S/C22H21F2N3O7/c1-13(28)31-12-20(29)26-5-2-14(3-6-26)21-17(23)8-15(9-18(21)24)27-16(11-33-22(27)30)10-32-19-4-7-34-25-19/h2,4,7-9,16H,3,5-6,10-12H2,1H3/t16-/m1/s1. The summed E-state index contributed by atoms with van der Waals surface area (Å²) in [6.45, 7) is 1.10. The number of benzene rings is 1. The summed E-state index contributed by atoms with van der Waals surface area (Å²) in [5.41, 5.74) is 0.163. The zero-order chi connectivity index (χ0) is 24.2. The number of carbonyl (C=O) groups excluding carboxylic acids is 3. The minimum absolute atomic E-state index is 0.00963. The van der Waals surface area contributed by atoms with Crippen LogP contribution in [0.2, 0.25) is 0 Å². The van der Waals surface area contributed by atoms with Crippen LogP contribution in [0.3, 0.4) is 0 Å². The molecule has 1 fully saturated rings. The van der Waals surface area contributed by atoms with Gasteiger partial charge in [-0.1, -0.05) is 6.08 Å². The van der Waals surface area contributed by atoms with Gasteiger partial charge in [-0.15, -0.1) is 0 Å². The van der Waals surface area contributed by atoms with E-state index in [1.165, 1.54) is 24.2 Å². The van der Waals surface area contributed by atoms with E-state index in [0.29, 0.717) is 5.57 Å². The van der Waals surface area contributed by atoms with Gasteiger partial charge in [0.05, 0.1) is 5.69 Å². The lowest BCUT2D eigenvalue weighted by molar-refractivity contribution is -0.150. The first-order valence-electron chi connectivity index (χ1n) is 10.4. The number of nitrogens with zero attached hydrogens (tertiary/aromatic N) is 3. The first-order chi connectivity index (χ1) is 16.3. The Balaban J connectivity index is 1.48. The molecule has 12 heteroatoms. The van der Waals surface area contributed by atoms with Crippen molar-refractivity contribution < 1.29 is 41.9 Å². The van der Waals surface area contributed by atoms with Crippen molar-refractivity contribution in [1.29, 1.82) is 0 Å². The van der Waals surface area contributed by atoms with Crippen molar-refractivity contribution in [2.24, 2.45) is 0 Å². The van der Waals surface area contributed by atoms with Crippen molar-refractivity contribution in [3.8, 4) is 5.88 Å². The molecular formula is C22H21F2N3O7. The van der Waals surface area contributed by atoms with Crippen molar-refractivity contribution in [3.05, 3.63) is 47.7 Å².